The Bertz CT molecular complexity index is 869. The third-order valence-corrected chi connectivity index (χ3v) is 4.98. The van der Waals surface area contributed by atoms with E-state index in [1.54, 1.807) is 11.3 Å². The summed E-state index contributed by atoms with van der Waals surface area (Å²) in [6.07, 6.45) is 0. The van der Waals surface area contributed by atoms with Gasteiger partial charge in [0.1, 0.15) is 17.3 Å². The van der Waals surface area contributed by atoms with Crippen molar-refractivity contribution in [1.82, 2.24) is 9.97 Å². The maximum Gasteiger partial charge on any atom is 0.142 e. The predicted octanol–water partition coefficient (Wildman–Crippen LogP) is 4.56. The molecule has 0 aliphatic carbocycles. The highest BCUT2D eigenvalue weighted by Gasteiger charge is 2.15. The Kier molecular flexibility index (Phi) is 4.39. The van der Waals surface area contributed by atoms with Gasteiger partial charge in [0.15, 0.2) is 0 Å². The average Bonchev–Trinajstić information content (AvgIpc) is 2.85. The van der Waals surface area contributed by atoms with Gasteiger partial charge in [0.05, 0.1) is 10.6 Å². The summed E-state index contributed by atoms with van der Waals surface area (Å²) < 4.78 is 0. The molecule has 0 radical (unpaired) electrons. The molecular formula is C18H19N3OS. The van der Waals surface area contributed by atoms with Crippen LogP contribution >= 0.6 is 11.3 Å². The van der Waals surface area contributed by atoms with Crippen LogP contribution in [0.5, 0.6) is 0 Å². The van der Waals surface area contributed by atoms with Crippen molar-refractivity contribution in [2.45, 2.75) is 34.3 Å². The number of benzene rings is 1. The summed E-state index contributed by atoms with van der Waals surface area (Å²) in [7, 11) is 0. The van der Waals surface area contributed by atoms with Crippen LogP contribution in [0.15, 0.2) is 35.5 Å². The van der Waals surface area contributed by atoms with Crippen LogP contribution in [0.1, 0.15) is 34.4 Å². The second-order valence-corrected chi connectivity index (χ2v) is 6.53. The number of rotatable bonds is 4. The first-order valence-electron chi connectivity index (χ1n) is 7.51. The number of fused-ring (bicyclic) bond motifs is 1. The largest absolute Gasteiger partial charge is 0.391 e. The van der Waals surface area contributed by atoms with Gasteiger partial charge in [-0.05, 0) is 38.8 Å². The SMILES string of the molecule is C/C(=N\OCc1ccccc1)c1sc2nc(C)nc(C)c2c1C. The van der Waals surface area contributed by atoms with Crippen molar-refractivity contribution in [2.75, 3.05) is 0 Å². The van der Waals surface area contributed by atoms with E-state index in [4.69, 9.17) is 4.84 Å². The molecule has 0 unspecified atom stereocenters. The van der Waals surface area contributed by atoms with Gasteiger partial charge in [-0.1, -0.05) is 35.5 Å². The predicted molar refractivity (Wildman–Crippen MR) is 95.1 cm³/mol. The van der Waals surface area contributed by atoms with Gasteiger partial charge in [-0.15, -0.1) is 11.3 Å². The number of thiophene rings is 1. The highest BCUT2D eigenvalue weighted by atomic mass is 32.1. The number of nitrogens with zero attached hydrogens (tertiary/aromatic N) is 3. The summed E-state index contributed by atoms with van der Waals surface area (Å²) in [6, 6.07) is 10.0. The molecule has 23 heavy (non-hydrogen) atoms. The van der Waals surface area contributed by atoms with Crippen LogP contribution in [-0.2, 0) is 11.4 Å². The molecule has 0 atom stereocenters. The van der Waals surface area contributed by atoms with Crippen molar-refractivity contribution in [2.24, 2.45) is 5.16 Å². The molecule has 0 amide bonds. The van der Waals surface area contributed by atoms with Crippen LogP contribution < -0.4 is 0 Å². The van der Waals surface area contributed by atoms with Gasteiger partial charge >= 0.3 is 0 Å². The maximum absolute atomic E-state index is 5.50. The first-order valence-corrected chi connectivity index (χ1v) is 8.33. The fraction of sp³-hybridized carbons (Fsp3) is 0.278. The number of oxime groups is 1. The van der Waals surface area contributed by atoms with E-state index in [2.05, 4.69) is 22.0 Å². The third-order valence-electron chi connectivity index (χ3n) is 3.69. The monoisotopic (exact) mass is 325 g/mol. The molecule has 118 valence electrons. The second-order valence-electron chi connectivity index (χ2n) is 5.53. The van der Waals surface area contributed by atoms with Crippen LogP contribution in [0, 0.1) is 20.8 Å². The van der Waals surface area contributed by atoms with Gasteiger partial charge in [0.25, 0.3) is 0 Å². The molecule has 0 spiro atoms. The van der Waals surface area contributed by atoms with E-state index in [0.717, 1.165) is 37.9 Å². The Morgan fingerprint density at radius 1 is 1.13 bits per heavy atom. The molecule has 0 saturated heterocycles. The molecule has 0 saturated carbocycles. The van der Waals surface area contributed by atoms with Crippen molar-refractivity contribution < 1.29 is 4.84 Å². The Labute approximate surface area is 139 Å². The minimum absolute atomic E-state index is 0.472. The van der Waals surface area contributed by atoms with Gasteiger partial charge in [0, 0.05) is 11.1 Å². The fourth-order valence-electron chi connectivity index (χ4n) is 2.64. The van der Waals surface area contributed by atoms with Crippen molar-refractivity contribution in [1.29, 1.82) is 0 Å². The van der Waals surface area contributed by atoms with Crippen LogP contribution in [0.3, 0.4) is 0 Å². The zero-order valence-electron chi connectivity index (χ0n) is 13.8. The molecule has 3 rings (SSSR count). The third kappa shape index (κ3) is 3.24. The molecule has 5 heteroatoms. The number of hydrogen-bond acceptors (Lipinski definition) is 5. The van der Waals surface area contributed by atoms with E-state index >= 15 is 0 Å². The lowest BCUT2D eigenvalue weighted by molar-refractivity contribution is 0.130. The molecule has 0 aliphatic heterocycles. The van der Waals surface area contributed by atoms with Gasteiger partial charge in [-0.25, -0.2) is 9.97 Å². The highest BCUT2D eigenvalue weighted by Crippen LogP contribution is 2.31. The first kappa shape index (κ1) is 15.6. The van der Waals surface area contributed by atoms with E-state index in [1.807, 2.05) is 51.1 Å². The average molecular weight is 325 g/mol. The van der Waals surface area contributed by atoms with Crippen molar-refractivity contribution in [3.63, 3.8) is 0 Å². The molecular weight excluding hydrogens is 306 g/mol. The smallest absolute Gasteiger partial charge is 0.142 e. The summed E-state index contributed by atoms with van der Waals surface area (Å²) in [4.78, 5) is 16.6. The Hall–Kier alpha value is -2.27. The first-order chi connectivity index (χ1) is 11.1. The lowest BCUT2D eigenvalue weighted by atomic mass is 10.1. The number of aromatic nitrogens is 2. The van der Waals surface area contributed by atoms with Crippen molar-refractivity contribution in [3.05, 3.63) is 57.9 Å². The van der Waals surface area contributed by atoms with Crippen LogP contribution in [0.4, 0.5) is 0 Å². The van der Waals surface area contributed by atoms with Crippen molar-refractivity contribution >= 4 is 27.3 Å². The maximum atomic E-state index is 5.50. The summed E-state index contributed by atoms with van der Waals surface area (Å²) in [6.45, 7) is 8.48. The zero-order chi connectivity index (χ0) is 16.4. The Morgan fingerprint density at radius 3 is 2.61 bits per heavy atom. The zero-order valence-corrected chi connectivity index (χ0v) is 14.6. The van der Waals surface area contributed by atoms with E-state index in [1.165, 1.54) is 5.56 Å². The highest BCUT2D eigenvalue weighted by molar-refractivity contribution is 7.20. The molecule has 2 aromatic heterocycles. The Balaban J connectivity index is 1.86. The fourth-order valence-corrected chi connectivity index (χ4v) is 3.85. The Morgan fingerprint density at radius 2 is 1.87 bits per heavy atom. The van der Waals surface area contributed by atoms with Gasteiger partial charge < -0.3 is 4.84 Å². The summed E-state index contributed by atoms with van der Waals surface area (Å²) in [5, 5.41) is 5.41. The molecule has 1 aromatic carbocycles. The topological polar surface area (TPSA) is 47.4 Å². The van der Waals surface area contributed by atoms with E-state index < -0.39 is 0 Å². The standard InChI is InChI=1S/C18H19N3OS/c1-11-16-12(2)19-14(4)20-18(16)23-17(11)13(3)21-22-10-15-8-6-5-7-9-15/h5-9H,10H2,1-4H3/b21-13+. The van der Waals surface area contributed by atoms with E-state index in [9.17, 15) is 0 Å². The lowest BCUT2D eigenvalue weighted by Gasteiger charge is -2.02. The molecule has 2 heterocycles. The normalized spacial score (nSPS) is 11.9. The minimum Gasteiger partial charge on any atom is -0.391 e. The van der Waals surface area contributed by atoms with E-state index in [-0.39, 0.29) is 0 Å². The molecule has 0 bridgehead atoms. The van der Waals surface area contributed by atoms with Gasteiger partial charge in [-0.2, -0.15) is 0 Å². The van der Waals surface area contributed by atoms with Crippen molar-refractivity contribution in [3.8, 4) is 0 Å². The molecule has 0 aliphatic rings. The van der Waals surface area contributed by atoms with Crippen LogP contribution in [-0.4, -0.2) is 15.7 Å². The van der Waals surface area contributed by atoms with Gasteiger partial charge in [-0.3, -0.25) is 0 Å². The molecule has 0 fully saturated rings. The van der Waals surface area contributed by atoms with Gasteiger partial charge in [0.2, 0.25) is 0 Å². The molecule has 3 aromatic rings. The number of aryl methyl sites for hydroxylation is 3. The summed E-state index contributed by atoms with van der Waals surface area (Å²) in [5.41, 5.74) is 4.17. The van der Waals surface area contributed by atoms with Crippen LogP contribution in [0.2, 0.25) is 0 Å². The number of hydrogen-bond donors (Lipinski definition) is 0. The lowest BCUT2D eigenvalue weighted by Crippen LogP contribution is -1.96. The summed E-state index contributed by atoms with van der Waals surface area (Å²) >= 11 is 1.64. The second kappa shape index (κ2) is 6.46. The minimum atomic E-state index is 0.472. The van der Waals surface area contributed by atoms with E-state index in [0.29, 0.717) is 6.61 Å². The van der Waals surface area contributed by atoms with Crippen LogP contribution in [0.25, 0.3) is 10.2 Å². The molecule has 0 N–H and O–H groups in total. The summed E-state index contributed by atoms with van der Waals surface area (Å²) in [5.74, 6) is 0.803. The molecule has 4 nitrogen and oxygen atoms in total. The quantitative estimate of drug-likeness (QED) is 0.522.